The van der Waals surface area contributed by atoms with E-state index in [0.29, 0.717) is 16.7 Å². The van der Waals surface area contributed by atoms with Crippen LogP contribution in [0.4, 0.5) is 10.8 Å². The van der Waals surface area contributed by atoms with Crippen LogP contribution in [0.25, 0.3) is 0 Å². The van der Waals surface area contributed by atoms with Crippen molar-refractivity contribution in [3.8, 4) is 0 Å². The highest BCUT2D eigenvalue weighted by Gasteiger charge is 2.35. The molecule has 0 radical (unpaired) electrons. The van der Waals surface area contributed by atoms with Gasteiger partial charge < -0.3 is 10.2 Å². The zero-order chi connectivity index (χ0) is 20.2. The van der Waals surface area contributed by atoms with Crippen LogP contribution < -0.4 is 10.2 Å². The van der Waals surface area contributed by atoms with Crippen LogP contribution in [0.1, 0.15) is 17.0 Å². The molecule has 2 heterocycles. The third-order valence-corrected chi connectivity index (χ3v) is 5.95. The summed E-state index contributed by atoms with van der Waals surface area (Å²) in [6.07, 6.45) is 1.81. The molecule has 1 aromatic heterocycles. The van der Waals surface area contributed by atoms with Crippen molar-refractivity contribution in [1.82, 2.24) is 10.2 Å². The number of aryl methyl sites for hydroxylation is 2. The van der Waals surface area contributed by atoms with E-state index in [0.717, 1.165) is 23.5 Å². The molecule has 1 aliphatic rings. The predicted molar refractivity (Wildman–Crippen MR) is 114 cm³/mol. The second kappa shape index (κ2) is 8.71. The molecule has 1 aliphatic heterocycles. The number of anilines is 2. The predicted octanol–water partition coefficient (Wildman–Crippen LogP) is 3.97. The van der Waals surface area contributed by atoms with E-state index in [1.807, 2.05) is 18.2 Å². The lowest BCUT2D eigenvalue weighted by molar-refractivity contribution is -0.122. The Morgan fingerprint density at radius 2 is 1.86 bits per heavy atom. The highest BCUT2D eigenvalue weighted by molar-refractivity contribution is 7.15. The lowest BCUT2D eigenvalue weighted by Crippen LogP contribution is -2.28. The maximum absolute atomic E-state index is 12.6. The number of rotatable bonds is 6. The topological polar surface area (TPSA) is 75.2 Å². The highest BCUT2D eigenvalue weighted by atomic mass is 35.5. The third kappa shape index (κ3) is 4.81. The number of amides is 2. The third-order valence-electron chi connectivity index (χ3n) is 4.80. The molecule has 6 nitrogen and oxygen atoms in total. The molecular formula is C21H19ClN4O2S. The number of carbonyl (C=O) groups is 2. The lowest BCUT2D eigenvalue weighted by Gasteiger charge is -2.16. The standard InChI is InChI=1S/C21H19ClN4O2S/c22-16-7-9-17(10-8-16)26-13-15(12-19(26)27)20(28)23-21-25-24-18(29-21)11-6-14-4-2-1-3-5-14/h1-5,7-10,15H,6,11-13H2,(H,23,25,28)/t15-/m1/s1. The Morgan fingerprint density at radius 3 is 2.62 bits per heavy atom. The zero-order valence-electron chi connectivity index (χ0n) is 15.5. The molecule has 148 valence electrons. The first-order valence-corrected chi connectivity index (χ1v) is 10.5. The van der Waals surface area contributed by atoms with Crippen molar-refractivity contribution in [3.63, 3.8) is 0 Å². The minimum Gasteiger partial charge on any atom is -0.312 e. The lowest BCUT2D eigenvalue weighted by atomic mass is 10.1. The molecular weight excluding hydrogens is 408 g/mol. The Labute approximate surface area is 177 Å². The number of carbonyl (C=O) groups excluding carboxylic acids is 2. The molecule has 8 heteroatoms. The van der Waals surface area contributed by atoms with Gasteiger partial charge in [-0.05, 0) is 36.2 Å². The molecule has 0 bridgehead atoms. The molecule has 1 saturated heterocycles. The van der Waals surface area contributed by atoms with Gasteiger partial charge in [0.25, 0.3) is 0 Å². The van der Waals surface area contributed by atoms with Crippen molar-refractivity contribution in [2.45, 2.75) is 19.3 Å². The van der Waals surface area contributed by atoms with Crippen LogP contribution in [0.3, 0.4) is 0 Å². The minimum absolute atomic E-state index is 0.0757. The molecule has 3 aromatic rings. The van der Waals surface area contributed by atoms with Gasteiger partial charge in [-0.2, -0.15) is 0 Å². The monoisotopic (exact) mass is 426 g/mol. The van der Waals surface area contributed by atoms with E-state index in [1.165, 1.54) is 16.9 Å². The van der Waals surface area contributed by atoms with Gasteiger partial charge in [0.15, 0.2) is 0 Å². The quantitative estimate of drug-likeness (QED) is 0.647. The molecule has 0 saturated carbocycles. The second-order valence-electron chi connectivity index (χ2n) is 6.86. The van der Waals surface area contributed by atoms with Gasteiger partial charge in [-0.1, -0.05) is 53.3 Å². The second-order valence-corrected chi connectivity index (χ2v) is 8.36. The van der Waals surface area contributed by atoms with Crippen LogP contribution in [0.5, 0.6) is 0 Å². The molecule has 2 amide bonds. The van der Waals surface area contributed by atoms with Gasteiger partial charge in [0.2, 0.25) is 16.9 Å². The summed E-state index contributed by atoms with van der Waals surface area (Å²) in [4.78, 5) is 26.6. The normalized spacial score (nSPS) is 16.2. The maximum atomic E-state index is 12.6. The number of benzene rings is 2. The van der Waals surface area contributed by atoms with Crippen molar-refractivity contribution < 1.29 is 9.59 Å². The minimum atomic E-state index is -0.421. The van der Waals surface area contributed by atoms with E-state index >= 15 is 0 Å². The van der Waals surface area contributed by atoms with Gasteiger partial charge in [-0.3, -0.25) is 9.59 Å². The van der Waals surface area contributed by atoms with Crippen LogP contribution >= 0.6 is 22.9 Å². The average Bonchev–Trinajstić information content (AvgIpc) is 3.34. The van der Waals surface area contributed by atoms with Crippen molar-refractivity contribution in [3.05, 3.63) is 70.2 Å². The summed E-state index contributed by atoms with van der Waals surface area (Å²) < 4.78 is 0. The van der Waals surface area contributed by atoms with E-state index in [4.69, 9.17) is 11.6 Å². The number of aromatic nitrogens is 2. The van der Waals surface area contributed by atoms with Crippen LogP contribution in [0.15, 0.2) is 54.6 Å². The van der Waals surface area contributed by atoms with Crippen LogP contribution in [0, 0.1) is 5.92 Å². The van der Waals surface area contributed by atoms with Crippen LogP contribution in [0.2, 0.25) is 5.02 Å². The molecule has 0 spiro atoms. The molecule has 1 N–H and O–H groups in total. The number of nitrogens with one attached hydrogen (secondary N) is 1. The summed E-state index contributed by atoms with van der Waals surface area (Å²) in [6.45, 7) is 0.339. The van der Waals surface area contributed by atoms with Gasteiger partial charge in [-0.25, -0.2) is 0 Å². The molecule has 4 rings (SSSR count). The van der Waals surface area contributed by atoms with Gasteiger partial charge in [0.1, 0.15) is 5.01 Å². The molecule has 1 fully saturated rings. The Balaban J connectivity index is 1.33. The van der Waals surface area contributed by atoms with Gasteiger partial charge in [0.05, 0.1) is 5.92 Å². The Hall–Kier alpha value is -2.77. The summed E-state index contributed by atoms with van der Waals surface area (Å²) in [7, 11) is 0. The first-order valence-electron chi connectivity index (χ1n) is 9.31. The van der Waals surface area contributed by atoms with Crippen molar-refractivity contribution in [1.29, 1.82) is 0 Å². The SMILES string of the molecule is O=C(Nc1nnc(CCc2ccccc2)s1)[C@@H]1CC(=O)N(c2ccc(Cl)cc2)C1. The Bertz CT molecular complexity index is 1010. The van der Waals surface area contributed by atoms with E-state index in [9.17, 15) is 9.59 Å². The number of hydrogen-bond acceptors (Lipinski definition) is 5. The summed E-state index contributed by atoms with van der Waals surface area (Å²) in [5.41, 5.74) is 1.98. The van der Waals surface area contributed by atoms with E-state index in [-0.39, 0.29) is 18.2 Å². The maximum Gasteiger partial charge on any atom is 0.231 e. The van der Waals surface area contributed by atoms with Crippen molar-refractivity contribution in [2.24, 2.45) is 5.92 Å². The van der Waals surface area contributed by atoms with E-state index in [2.05, 4.69) is 27.6 Å². The summed E-state index contributed by atoms with van der Waals surface area (Å²) >= 11 is 7.28. The fourth-order valence-corrected chi connectivity index (χ4v) is 4.13. The molecule has 0 unspecified atom stereocenters. The van der Waals surface area contributed by atoms with Gasteiger partial charge >= 0.3 is 0 Å². The molecule has 0 aliphatic carbocycles. The van der Waals surface area contributed by atoms with Gasteiger partial charge in [-0.15, -0.1) is 10.2 Å². The smallest absolute Gasteiger partial charge is 0.231 e. The fourth-order valence-electron chi connectivity index (χ4n) is 3.26. The Kier molecular flexibility index (Phi) is 5.87. The number of nitrogens with zero attached hydrogens (tertiary/aromatic N) is 3. The average molecular weight is 427 g/mol. The van der Waals surface area contributed by atoms with Crippen LogP contribution in [-0.4, -0.2) is 28.6 Å². The summed E-state index contributed by atoms with van der Waals surface area (Å²) in [5.74, 6) is -0.705. The van der Waals surface area contributed by atoms with E-state index < -0.39 is 5.92 Å². The molecule has 29 heavy (non-hydrogen) atoms. The first kappa shape index (κ1) is 19.5. The largest absolute Gasteiger partial charge is 0.312 e. The fraction of sp³-hybridized carbons (Fsp3) is 0.238. The molecule has 1 atom stereocenters. The van der Waals surface area contributed by atoms with Crippen LogP contribution in [-0.2, 0) is 22.4 Å². The first-order chi connectivity index (χ1) is 14.1. The zero-order valence-corrected chi connectivity index (χ0v) is 17.1. The highest BCUT2D eigenvalue weighted by Crippen LogP contribution is 2.27. The van der Waals surface area contributed by atoms with E-state index in [1.54, 1.807) is 29.2 Å². The summed E-state index contributed by atoms with van der Waals surface area (Å²) in [6, 6.07) is 17.2. The number of halogens is 1. The Morgan fingerprint density at radius 1 is 1.10 bits per heavy atom. The molecule has 2 aromatic carbocycles. The van der Waals surface area contributed by atoms with Crippen molar-refractivity contribution in [2.75, 3.05) is 16.8 Å². The van der Waals surface area contributed by atoms with Crippen molar-refractivity contribution >= 4 is 45.6 Å². The summed E-state index contributed by atoms with van der Waals surface area (Å²) in [5, 5.41) is 13.0. The number of hydrogen-bond donors (Lipinski definition) is 1. The van der Waals surface area contributed by atoms with Gasteiger partial charge in [0, 0.05) is 30.1 Å².